The van der Waals surface area contributed by atoms with Gasteiger partial charge >= 0.3 is 0 Å². The van der Waals surface area contributed by atoms with Crippen LogP contribution in [-0.2, 0) is 4.74 Å². The van der Waals surface area contributed by atoms with E-state index in [4.69, 9.17) is 15.2 Å². The van der Waals surface area contributed by atoms with Gasteiger partial charge in [-0.1, -0.05) is 25.3 Å². The minimum Gasteiger partial charge on any atom is -0.491 e. The van der Waals surface area contributed by atoms with Gasteiger partial charge < -0.3 is 15.2 Å². The molecule has 1 unspecified atom stereocenters. The molecule has 0 aromatic heterocycles. The van der Waals surface area contributed by atoms with Crippen LogP contribution < -0.4 is 10.5 Å². The van der Waals surface area contributed by atoms with Crippen molar-refractivity contribution >= 4 is 5.69 Å². The third-order valence-corrected chi connectivity index (χ3v) is 4.85. The molecule has 0 radical (unpaired) electrons. The minimum absolute atomic E-state index is 0.178. The van der Waals surface area contributed by atoms with Crippen LogP contribution in [0.1, 0.15) is 50.5 Å². The number of benzene rings is 1. The van der Waals surface area contributed by atoms with Crippen molar-refractivity contribution in [1.82, 2.24) is 0 Å². The third-order valence-electron chi connectivity index (χ3n) is 4.85. The Labute approximate surface area is 121 Å². The molecule has 1 saturated heterocycles. The van der Waals surface area contributed by atoms with E-state index < -0.39 is 0 Å². The van der Waals surface area contributed by atoms with Crippen LogP contribution in [0.4, 0.5) is 5.69 Å². The molecule has 2 N–H and O–H groups in total. The SMILES string of the molecule is Cc1c(N)cccc1OCC1CCC2(CCCCC2)O1. The summed E-state index contributed by atoms with van der Waals surface area (Å²) in [5.41, 5.74) is 7.90. The molecule has 20 heavy (non-hydrogen) atoms. The van der Waals surface area contributed by atoms with Crippen LogP contribution in [0.25, 0.3) is 0 Å². The topological polar surface area (TPSA) is 44.5 Å². The highest BCUT2D eigenvalue weighted by molar-refractivity contribution is 5.53. The van der Waals surface area contributed by atoms with Gasteiger partial charge in [-0.05, 0) is 44.7 Å². The summed E-state index contributed by atoms with van der Waals surface area (Å²) < 4.78 is 12.3. The predicted molar refractivity (Wildman–Crippen MR) is 81.0 cm³/mol. The molecule has 1 aliphatic heterocycles. The van der Waals surface area contributed by atoms with E-state index in [1.807, 2.05) is 25.1 Å². The highest BCUT2D eigenvalue weighted by atomic mass is 16.6. The van der Waals surface area contributed by atoms with Crippen LogP contribution >= 0.6 is 0 Å². The zero-order chi connectivity index (χ0) is 14.0. The fraction of sp³-hybridized carbons (Fsp3) is 0.647. The number of nitrogen functional groups attached to an aromatic ring is 1. The second-order valence-corrected chi connectivity index (χ2v) is 6.30. The van der Waals surface area contributed by atoms with E-state index in [9.17, 15) is 0 Å². The summed E-state index contributed by atoms with van der Waals surface area (Å²) >= 11 is 0. The Kier molecular flexibility index (Phi) is 3.88. The molecule has 1 spiro atoms. The van der Waals surface area contributed by atoms with Gasteiger partial charge in [0.1, 0.15) is 12.4 Å². The first kappa shape index (κ1) is 13.7. The van der Waals surface area contributed by atoms with Gasteiger partial charge in [0.05, 0.1) is 11.7 Å². The molecular weight excluding hydrogens is 250 g/mol. The van der Waals surface area contributed by atoms with E-state index in [2.05, 4.69) is 0 Å². The normalized spacial score (nSPS) is 24.9. The molecule has 3 nitrogen and oxygen atoms in total. The summed E-state index contributed by atoms with van der Waals surface area (Å²) in [5.74, 6) is 0.887. The first-order chi connectivity index (χ1) is 9.69. The van der Waals surface area contributed by atoms with E-state index in [-0.39, 0.29) is 11.7 Å². The maximum atomic E-state index is 6.33. The fourth-order valence-corrected chi connectivity index (χ4v) is 3.55. The Morgan fingerprint density at radius 3 is 2.85 bits per heavy atom. The predicted octanol–water partition coefficient (Wildman–Crippen LogP) is 3.84. The monoisotopic (exact) mass is 275 g/mol. The molecule has 1 aromatic carbocycles. The molecule has 2 aliphatic rings. The molecule has 1 heterocycles. The highest BCUT2D eigenvalue weighted by Gasteiger charge is 2.40. The molecule has 3 heteroatoms. The Balaban J connectivity index is 1.56. The van der Waals surface area contributed by atoms with Crippen molar-refractivity contribution in [2.24, 2.45) is 0 Å². The lowest BCUT2D eigenvalue weighted by atomic mass is 9.83. The maximum Gasteiger partial charge on any atom is 0.124 e. The first-order valence-corrected chi connectivity index (χ1v) is 7.84. The number of nitrogens with two attached hydrogens (primary N) is 1. The average Bonchev–Trinajstić information content (AvgIpc) is 2.84. The van der Waals surface area contributed by atoms with E-state index in [0.29, 0.717) is 6.61 Å². The quantitative estimate of drug-likeness (QED) is 0.852. The van der Waals surface area contributed by atoms with Crippen LogP contribution in [0.5, 0.6) is 5.75 Å². The molecule has 1 saturated carbocycles. The van der Waals surface area contributed by atoms with E-state index in [1.54, 1.807) is 0 Å². The van der Waals surface area contributed by atoms with Gasteiger partial charge in [-0.25, -0.2) is 0 Å². The van der Waals surface area contributed by atoms with Gasteiger partial charge in [0.25, 0.3) is 0 Å². The first-order valence-electron chi connectivity index (χ1n) is 7.84. The van der Waals surface area contributed by atoms with Crippen molar-refractivity contribution < 1.29 is 9.47 Å². The molecule has 1 atom stereocenters. The second-order valence-electron chi connectivity index (χ2n) is 6.30. The minimum atomic E-state index is 0.178. The number of anilines is 1. The zero-order valence-electron chi connectivity index (χ0n) is 12.4. The summed E-state index contributed by atoms with van der Waals surface area (Å²) in [6.45, 7) is 2.65. The van der Waals surface area contributed by atoms with Gasteiger partial charge in [0.15, 0.2) is 0 Å². The Bertz CT molecular complexity index is 466. The number of hydrogen-bond acceptors (Lipinski definition) is 3. The maximum absolute atomic E-state index is 6.33. The lowest BCUT2D eigenvalue weighted by molar-refractivity contribution is -0.0749. The lowest BCUT2D eigenvalue weighted by Crippen LogP contribution is -2.32. The molecule has 0 amide bonds. The van der Waals surface area contributed by atoms with E-state index in [1.165, 1.54) is 38.5 Å². The van der Waals surface area contributed by atoms with Crippen LogP contribution in [0.2, 0.25) is 0 Å². The Morgan fingerprint density at radius 2 is 2.05 bits per heavy atom. The van der Waals surface area contributed by atoms with Crippen LogP contribution in [0, 0.1) is 6.92 Å². The standard InChI is InChI=1S/C17H25NO2/c1-13-15(18)6-5-7-16(13)19-12-14-8-11-17(20-14)9-3-2-4-10-17/h5-7,14H,2-4,8-12,18H2,1H3. The van der Waals surface area contributed by atoms with Gasteiger partial charge in [0, 0.05) is 11.3 Å². The van der Waals surface area contributed by atoms with Crippen LogP contribution in [-0.4, -0.2) is 18.3 Å². The summed E-state index contributed by atoms with van der Waals surface area (Å²) in [7, 11) is 0. The highest BCUT2D eigenvalue weighted by Crippen LogP contribution is 2.42. The molecule has 1 aromatic rings. The summed E-state index contributed by atoms with van der Waals surface area (Å²) in [5, 5.41) is 0. The second kappa shape index (κ2) is 5.65. The van der Waals surface area contributed by atoms with E-state index >= 15 is 0 Å². The smallest absolute Gasteiger partial charge is 0.124 e. The van der Waals surface area contributed by atoms with Gasteiger partial charge in [-0.3, -0.25) is 0 Å². The fourth-order valence-electron chi connectivity index (χ4n) is 3.55. The lowest BCUT2D eigenvalue weighted by Gasteiger charge is -2.33. The largest absolute Gasteiger partial charge is 0.491 e. The molecule has 3 rings (SSSR count). The number of ether oxygens (including phenoxy) is 2. The van der Waals surface area contributed by atoms with Crippen molar-refractivity contribution in [2.45, 2.75) is 63.6 Å². The van der Waals surface area contributed by atoms with Gasteiger partial charge in [0.2, 0.25) is 0 Å². The molecule has 1 aliphatic carbocycles. The molecular formula is C17H25NO2. The summed E-state index contributed by atoms with van der Waals surface area (Å²) in [4.78, 5) is 0. The zero-order valence-corrected chi connectivity index (χ0v) is 12.4. The van der Waals surface area contributed by atoms with Crippen molar-refractivity contribution in [2.75, 3.05) is 12.3 Å². The van der Waals surface area contributed by atoms with Crippen LogP contribution in [0.15, 0.2) is 18.2 Å². The summed E-state index contributed by atoms with van der Waals surface area (Å²) in [6, 6.07) is 5.83. The Hall–Kier alpha value is -1.22. The molecule has 0 bridgehead atoms. The Morgan fingerprint density at radius 1 is 1.25 bits per heavy atom. The van der Waals surface area contributed by atoms with Crippen molar-refractivity contribution in [3.05, 3.63) is 23.8 Å². The van der Waals surface area contributed by atoms with Crippen LogP contribution in [0.3, 0.4) is 0 Å². The van der Waals surface area contributed by atoms with E-state index in [0.717, 1.165) is 23.4 Å². The third kappa shape index (κ3) is 2.78. The van der Waals surface area contributed by atoms with Crippen molar-refractivity contribution in [3.63, 3.8) is 0 Å². The number of rotatable bonds is 3. The molecule has 110 valence electrons. The average molecular weight is 275 g/mol. The van der Waals surface area contributed by atoms with Crippen molar-refractivity contribution in [1.29, 1.82) is 0 Å². The number of hydrogen-bond donors (Lipinski definition) is 1. The van der Waals surface area contributed by atoms with Gasteiger partial charge in [-0.15, -0.1) is 0 Å². The van der Waals surface area contributed by atoms with Gasteiger partial charge in [-0.2, -0.15) is 0 Å². The van der Waals surface area contributed by atoms with Crippen molar-refractivity contribution in [3.8, 4) is 5.75 Å². The summed E-state index contributed by atoms with van der Waals surface area (Å²) in [6.07, 6.45) is 9.06. The molecule has 2 fully saturated rings.